The molecule has 0 bridgehead atoms. The highest BCUT2D eigenvalue weighted by atomic mass is 35.5. The van der Waals surface area contributed by atoms with Gasteiger partial charge < -0.3 is 10.2 Å². The van der Waals surface area contributed by atoms with Crippen molar-refractivity contribution in [3.8, 4) is 17.1 Å². The minimum Gasteiger partial charge on any atom is -0.349 e. The van der Waals surface area contributed by atoms with Gasteiger partial charge in [-0.25, -0.2) is 4.98 Å². The molecule has 0 unspecified atom stereocenters. The number of hydrogen-bond acceptors (Lipinski definition) is 7. The van der Waals surface area contributed by atoms with Crippen molar-refractivity contribution in [2.45, 2.75) is 30.2 Å². The standard InChI is InChI=1S/C26H26Cl2N6OS2/c27-19-9-3-2-8-18(19)24-31-32-26(34(24)22-11-5-4-10-20(22)28)37-17-23-30-21(16-36-23)25(35)29-12-15-33-13-6-1-7-14-33/h2-5,8-11,16H,1,6-7,12-15,17H2,(H,29,35). The molecule has 0 spiro atoms. The van der Waals surface area contributed by atoms with Gasteiger partial charge in [-0.1, -0.05) is 65.7 Å². The highest BCUT2D eigenvalue weighted by molar-refractivity contribution is 7.98. The summed E-state index contributed by atoms with van der Waals surface area (Å²) in [5.74, 6) is 1.01. The summed E-state index contributed by atoms with van der Waals surface area (Å²) in [6.45, 7) is 3.74. The highest BCUT2D eigenvalue weighted by Gasteiger charge is 2.20. The van der Waals surface area contributed by atoms with Gasteiger partial charge in [0.15, 0.2) is 11.0 Å². The van der Waals surface area contributed by atoms with E-state index in [4.69, 9.17) is 23.2 Å². The Hall–Kier alpha value is -2.43. The fraction of sp³-hybridized carbons (Fsp3) is 0.308. The molecule has 4 aromatic rings. The molecule has 5 rings (SSSR count). The molecule has 0 saturated carbocycles. The molecule has 1 saturated heterocycles. The first-order chi connectivity index (χ1) is 18.1. The molecule has 11 heteroatoms. The van der Waals surface area contributed by atoms with Crippen LogP contribution in [0.2, 0.25) is 10.0 Å². The number of nitrogens with zero attached hydrogens (tertiary/aromatic N) is 5. The maximum absolute atomic E-state index is 12.6. The summed E-state index contributed by atoms with van der Waals surface area (Å²) in [4.78, 5) is 19.6. The number of rotatable bonds is 9. The number of aromatic nitrogens is 4. The zero-order chi connectivity index (χ0) is 25.6. The fourth-order valence-electron chi connectivity index (χ4n) is 4.24. The van der Waals surface area contributed by atoms with E-state index in [2.05, 4.69) is 25.4 Å². The Morgan fingerprint density at radius 2 is 1.76 bits per heavy atom. The van der Waals surface area contributed by atoms with Crippen LogP contribution in [0.4, 0.5) is 0 Å². The SMILES string of the molecule is O=C(NCCN1CCCCC1)c1csc(CSc2nnc(-c3ccccc3Cl)n2-c2ccccc2Cl)n1. The van der Waals surface area contributed by atoms with Gasteiger partial charge in [0, 0.05) is 24.0 Å². The first-order valence-corrected chi connectivity index (χ1v) is 14.8. The molecule has 1 N–H and O–H groups in total. The van der Waals surface area contributed by atoms with E-state index in [0.29, 0.717) is 39.0 Å². The van der Waals surface area contributed by atoms with E-state index in [1.54, 1.807) is 5.38 Å². The van der Waals surface area contributed by atoms with Crippen LogP contribution in [0.15, 0.2) is 59.1 Å². The summed E-state index contributed by atoms with van der Waals surface area (Å²) >= 11 is 16.0. The Labute approximate surface area is 234 Å². The Morgan fingerprint density at radius 3 is 2.54 bits per heavy atom. The number of thioether (sulfide) groups is 1. The Bertz CT molecular complexity index is 1370. The van der Waals surface area contributed by atoms with Gasteiger partial charge in [-0.2, -0.15) is 0 Å². The normalized spacial score (nSPS) is 14.1. The number of benzene rings is 2. The Morgan fingerprint density at radius 1 is 1.00 bits per heavy atom. The summed E-state index contributed by atoms with van der Waals surface area (Å²) in [7, 11) is 0. The van der Waals surface area contributed by atoms with Crippen LogP contribution in [0, 0.1) is 0 Å². The molecule has 37 heavy (non-hydrogen) atoms. The van der Waals surface area contributed by atoms with Gasteiger partial charge in [-0.3, -0.25) is 9.36 Å². The van der Waals surface area contributed by atoms with Crippen molar-refractivity contribution >= 4 is 52.2 Å². The second kappa shape index (κ2) is 12.4. The lowest BCUT2D eigenvalue weighted by Gasteiger charge is -2.26. The van der Waals surface area contributed by atoms with E-state index in [9.17, 15) is 4.79 Å². The van der Waals surface area contributed by atoms with Gasteiger partial charge in [0.25, 0.3) is 5.91 Å². The number of halogens is 2. The molecule has 7 nitrogen and oxygen atoms in total. The number of amides is 1. The number of hydrogen-bond donors (Lipinski definition) is 1. The monoisotopic (exact) mass is 572 g/mol. The molecule has 1 amide bonds. The first kappa shape index (κ1) is 26.2. The van der Waals surface area contributed by atoms with Gasteiger partial charge >= 0.3 is 0 Å². The number of piperidine rings is 1. The van der Waals surface area contributed by atoms with Crippen molar-refractivity contribution in [2.24, 2.45) is 0 Å². The van der Waals surface area contributed by atoms with Crippen molar-refractivity contribution in [1.82, 2.24) is 30.0 Å². The van der Waals surface area contributed by atoms with Gasteiger partial charge in [0.1, 0.15) is 10.7 Å². The lowest BCUT2D eigenvalue weighted by molar-refractivity contribution is 0.0942. The summed E-state index contributed by atoms with van der Waals surface area (Å²) in [6, 6.07) is 15.1. The maximum Gasteiger partial charge on any atom is 0.270 e. The van der Waals surface area contributed by atoms with Gasteiger partial charge in [0.2, 0.25) is 0 Å². The molecular weight excluding hydrogens is 547 g/mol. The number of thiazole rings is 1. The highest BCUT2D eigenvalue weighted by Crippen LogP contribution is 2.35. The fourth-order valence-corrected chi connectivity index (χ4v) is 6.42. The van der Waals surface area contributed by atoms with E-state index in [0.717, 1.165) is 35.9 Å². The smallest absolute Gasteiger partial charge is 0.270 e. The van der Waals surface area contributed by atoms with Crippen molar-refractivity contribution in [3.63, 3.8) is 0 Å². The van der Waals surface area contributed by atoms with Crippen molar-refractivity contribution in [2.75, 3.05) is 26.2 Å². The number of carbonyl (C=O) groups is 1. The number of nitrogens with one attached hydrogen (secondary N) is 1. The van der Waals surface area contributed by atoms with Crippen LogP contribution in [-0.4, -0.2) is 56.7 Å². The van der Waals surface area contributed by atoms with Crippen LogP contribution >= 0.6 is 46.3 Å². The molecule has 192 valence electrons. The van der Waals surface area contributed by atoms with E-state index >= 15 is 0 Å². The number of para-hydroxylation sites is 1. The van der Waals surface area contributed by atoms with Crippen LogP contribution in [0.25, 0.3) is 17.1 Å². The van der Waals surface area contributed by atoms with Gasteiger partial charge in [-0.15, -0.1) is 21.5 Å². The van der Waals surface area contributed by atoms with E-state index in [-0.39, 0.29) is 5.91 Å². The van der Waals surface area contributed by atoms with E-state index in [1.165, 1.54) is 42.4 Å². The summed E-state index contributed by atoms with van der Waals surface area (Å²) in [5, 5.41) is 16.3. The topological polar surface area (TPSA) is 75.9 Å². The second-order valence-electron chi connectivity index (χ2n) is 8.65. The van der Waals surface area contributed by atoms with Crippen molar-refractivity contribution in [3.05, 3.63) is 74.7 Å². The minimum absolute atomic E-state index is 0.134. The molecule has 0 aliphatic carbocycles. The molecule has 3 heterocycles. The van der Waals surface area contributed by atoms with Gasteiger partial charge in [-0.05, 0) is 50.2 Å². The molecule has 1 aliphatic rings. The van der Waals surface area contributed by atoms with Crippen LogP contribution in [0.3, 0.4) is 0 Å². The molecule has 0 radical (unpaired) electrons. The van der Waals surface area contributed by atoms with Crippen LogP contribution < -0.4 is 5.32 Å². The Kier molecular flexibility index (Phi) is 8.78. The number of likely N-dealkylation sites (tertiary alicyclic amines) is 1. The minimum atomic E-state index is -0.134. The molecule has 1 aliphatic heterocycles. The zero-order valence-electron chi connectivity index (χ0n) is 20.1. The first-order valence-electron chi connectivity index (χ1n) is 12.1. The van der Waals surface area contributed by atoms with E-state index < -0.39 is 0 Å². The third-order valence-corrected chi connectivity index (χ3v) is 8.73. The third-order valence-electron chi connectivity index (χ3n) is 6.11. The van der Waals surface area contributed by atoms with Crippen molar-refractivity contribution in [1.29, 1.82) is 0 Å². The zero-order valence-corrected chi connectivity index (χ0v) is 23.2. The second-order valence-corrected chi connectivity index (χ2v) is 11.3. The molecule has 1 fully saturated rings. The number of carbonyl (C=O) groups excluding carboxylic acids is 1. The third kappa shape index (κ3) is 6.35. The summed E-state index contributed by atoms with van der Waals surface area (Å²) < 4.78 is 1.91. The lowest BCUT2D eigenvalue weighted by atomic mass is 10.1. The van der Waals surface area contributed by atoms with Crippen LogP contribution in [-0.2, 0) is 5.75 Å². The molecule has 2 aromatic carbocycles. The van der Waals surface area contributed by atoms with E-state index in [1.807, 2.05) is 53.1 Å². The Balaban J connectivity index is 1.29. The lowest BCUT2D eigenvalue weighted by Crippen LogP contribution is -2.37. The molecule has 0 atom stereocenters. The van der Waals surface area contributed by atoms with Crippen LogP contribution in [0.1, 0.15) is 34.8 Å². The predicted octanol–water partition coefficient (Wildman–Crippen LogP) is 6.21. The largest absolute Gasteiger partial charge is 0.349 e. The average molecular weight is 574 g/mol. The summed E-state index contributed by atoms with van der Waals surface area (Å²) in [6.07, 6.45) is 3.79. The predicted molar refractivity (Wildman–Crippen MR) is 151 cm³/mol. The van der Waals surface area contributed by atoms with Crippen LogP contribution in [0.5, 0.6) is 0 Å². The molecule has 2 aromatic heterocycles. The maximum atomic E-state index is 12.6. The average Bonchev–Trinajstić information content (AvgIpc) is 3.56. The molecular formula is C26H26Cl2N6OS2. The quantitative estimate of drug-likeness (QED) is 0.240. The van der Waals surface area contributed by atoms with Crippen molar-refractivity contribution < 1.29 is 4.79 Å². The van der Waals surface area contributed by atoms with Gasteiger partial charge in [0.05, 0.1) is 21.5 Å². The summed E-state index contributed by atoms with van der Waals surface area (Å²) in [5.41, 5.74) is 1.98.